The maximum Gasteiger partial charge on any atom is 1.00 e. The van der Waals surface area contributed by atoms with Crippen molar-refractivity contribution >= 4 is 11.9 Å². The van der Waals surface area contributed by atoms with Gasteiger partial charge in [0.25, 0.3) is 0 Å². The molecule has 0 saturated heterocycles. The van der Waals surface area contributed by atoms with Crippen LogP contribution in [0.1, 0.15) is 110 Å². The summed E-state index contributed by atoms with van der Waals surface area (Å²) in [6.45, 7) is 1.88. The molecule has 142 valence electrons. The Morgan fingerprint density at radius 3 is 1.40 bits per heavy atom. The molecule has 0 bridgehead atoms. The van der Waals surface area contributed by atoms with E-state index < -0.39 is 5.97 Å². The van der Waals surface area contributed by atoms with Gasteiger partial charge >= 0.3 is 29.6 Å². The fourth-order valence-corrected chi connectivity index (χ4v) is 2.92. The minimum atomic E-state index is -1.24. The number of unbranched alkanes of at least 4 members (excludes halogenated alkanes) is 14. The molecule has 0 aliphatic rings. The van der Waals surface area contributed by atoms with Crippen LogP contribution in [0.2, 0.25) is 0 Å². The van der Waals surface area contributed by atoms with E-state index in [4.69, 9.17) is 0 Å². The van der Waals surface area contributed by atoms with Gasteiger partial charge in [-0.05, 0) is 6.42 Å². The largest absolute Gasteiger partial charge is 1.00 e. The molecule has 0 rings (SSSR count). The summed E-state index contributed by atoms with van der Waals surface area (Å²) in [5, 5.41) is 12.5. The molecule has 0 aromatic carbocycles. The number of carbonyl (C=O) groups is 2. The van der Waals surface area contributed by atoms with Crippen LogP contribution in [0.25, 0.3) is 0 Å². The fraction of sp³-hybridized carbons (Fsp3) is 0.900. The average Bonchev–Trinajstić information content (AvgIpc) is 2.56. The SMILES string of the molecule is CCCCCCCCCCCCCCCCCC(=O)NCC(=O)[O-].[Na+]. The zero-order valence-electron chi connectivity index (χ0n) is 16.7. The van der Waals surface area contributed by atoms with Gasteiger partial charge in [0.15, 0.2) is 0 Å². The van der Waals surface area contributed by atoms with Crippen molar-refractivity contribution in [2.75, 3.05) is 6.54 Å². The second-order valence-electron chi connectivity index (χ2n) is 6.85. The Kier molecular flexibility index (Phi) is 23.9. The van der Waals surface area contributed by atoms with Gasteiger partial charge in [-0.25, -0.2) is 0 Å². The number of amides is 1. The van der Waals surface area contributed by atoms with Crippen molar-refractivity contribution in [2.24, 2.45) is 0 Å². The predicted molar refractivity (Wildman–Crippen MR) is 97.6 cm³/mol. The van der Waals surface area contributed by atoms with Gasteiger partial charge in [-0.2, -0.15) is 0 Å². The second-order valence-corrected chi connectivity index (χ2v) is 6.85. The van der Waals surface area contributed by atoms with Gasteiger partial charge in [-0.3, -0.25) is 4.79 Å². The van der Waals surface area contributed by atoms with E-state index in [1.165, 1.54) is 83.5 Å². The maximum atomic E-state index is 11.3. The third-order valence-electron chi connectivity index (χ3n) is 4.44. The van der Waals surface area contributed by atoms with Gasteiger partial charge in [0.1, 0.15) is 0 Å². The average molecular weight is 364 g/mol. The molecule has 0 spiro atoms. The number of rotatable bonds is 18. The van der Waals surface area contributed by atoms with Crippen molar-refractivity contribution in [2.45, 2.75) is 110 Å². The molecule has 0 saturated carbocycles. The molecule has 5 heteroatoms. The smallest absolute Gasteiger partial charge is 0.548 e. The summed E-state index contributed by atoms with van der Waals surface area (Å²) in [5.74, 6) is -1.42. The molecule has 25 heavy (non-hydrogen) atoms. The zero-order valence-corrected chi connectivity index (χ0v) is 18.7. The minimum absolute atomic E-state index is 0. The fourth-order valence-electron chi connectivity index (χ4n) is 2.92. The van der Waals surface area contributed by atoms with Crippen LogP contribution in [0.5, 0.6) is 0 Å². The summed E-state index contributed by atoms with van der Waals surface area (Å²) in [7, 11) is 0. The number of hydrogen-bond donors (Lipinski definition) is 1. The van der Waals surface area contributed by atoms with Crippen molar-refractivity contribution in [1.82, 2.24) is 5.32 Å². The molecule has 0 heterocycles. The molecule has 4 nitrogen and oxygen atoms in total. The first-order valence-electron chi connectivity index (χ1n) is 10.1. The van der Waals surface area contributed by atoms with Crippen molar-refractivity contribution in [3.05, 3.63) is 0 Å². The van der Waals surface area contributed by atoms with Crippen LogP contribution >= 0.6 is 0 Å². The summed E-state index contributed by atoms with van der Waals surface area (Å²) in [4.78, 5) is 21.5. The second kappa shape index (κ2) is 22.0. The van der Waals surface area contributed by atoms with Gasteiger partial charge in [-0.15, -0.1) is 0 Å². The first kappa shape index (κ1) is 27.2. The minimum Gasteiger partial charge on any atom is -0.548 e. The molecule has 0 aromatic rings. The van der Waals surface area contributed by atoms with Crippen LogP contribution in [-0.2, 0) is 9.59 Å². The van der Waals surface area contributed by atoms with Crippen LogP contribution in [0, 0.1) is 0 Å². The third kappa shape index (κ3) is 23.9. The van der Waals surface area contributed by atoms with E-state index in [0.717, 1.165) is 12.8 Å². The molecule has 1 amide bonds. The first-order chi connectivity index (χ1) is 11.7. The molecule has 0 unspecified atom stereocenters. The zero-order chi connectivity index (χ0) is 17.9. The van der Waals surface area contributed by atoms with Crippen LogP contribution < -0.4 is 40.0 Å². The molecule has 0 aromatic heterocycles. The summed E-state index contributed by atoms with van der Waals surface area (Å²) < 4.78 is 0. The molecule has 0 fully saturated rings. The van der Waals surface area contributed by atoms with E-state index in [1.807, 2.05) is 0 Å². The van der Waals surface area contributed by atoms with E-state index in [9.17, 15) is 14.7 Å². The number of carboxylic acid groups (broad SMARTS) is 1. The Morgan fingerprint density at radius 2 is 1.04 bits per heavy atom. The monoisotopic (exact) mass is 363 g/mol. The van der Waals surface area contributed by atoms with Crippen LogP contribution in [0.3, 0.4) is 0 Å². The first-order valence-corrected chi connectivity index (χ1v) is 10.1. The molecule has 1 N–H and O–H groups in total. The third-order valence-corrected chi connectivity index (χ3v) is 4.44. The van der Waals surface area contributed by atoms with Crippen LogP contribution in [-0.4, -0.2) is 18.4 Å². The van der Waals surface area contributed by atoms with Gasteiger partial charge in [0.05, 0.1) is 12.5 Å². The summed E-state index contributed by atoms with van der Waals surface area (Å²) in [6, 6.07) is 0. The molecule has 0 aliphatic carbocycles. The van der Waals surface area contributed by atoms with Crippen molar-refractivity contribution in [1.29, 1.82) is 0 Å². The molecular formula is C20H38NNaO3. The van der Waals surface area contributed by atoms with Crippen LogP contribution in [0.15, 0.2) is 0 Å². The summed E-state index contributed by atoms with van der Waals surface area (Å²) in [6.07, 6.45) is 19.9. The van der Waals surface area contributed by atoms with E-state index in [1.54, 1.807) is 0 Å². The van der Waals surface area contributed by atoms with E-state index in [0.29, 0.717) is 6.42 Å². The predicted octanol–water partition coefficient (Wildman–Crippen LogP) is 1.12. The van der Waals surface area contributed by atoms with Crippen LogP contribution in [0.4, 0.5) is 0 Å². The molecule has 0 aliphatic heterocycles. The Hall–Kier alpha value is -0.0600. The number of hydrogen-bond acceptors (Lipinski definition) is 3. The Balaban J connectivity index is 0. The number of nitrogens with one attached hydrogen (secondary N) is 1. The van der Waals surface area contributed by atoms with Gasteiger partial charge in [0.2, 0.25) is 5.91 Å². The topological polar surface area (TPSA) is 69.2 Å². The Labute approximate surface area is 177 Å². The number of aliphatic carboxylic acids is 1. The van der Waals surface area contributed by atoms with E-state index in [-0.39, 0.29) is 42.0 Å². The van der Waals surface area contributed by atoms with E-state index in [2.05, 4.69) is 12.2 Å². The Morgan fingerprint density at radius 1 is 0.680 bits per heavy atom. The number of carboxylic acids is 1. The van der Waals surface area contributed by atoms with Gasteiger partial charge < -0.3 is 15.2 Å². The number of carbonyl (C=O) groups excluding carboxylic acids is 2. The Bertz CT molecular complexity index is 311. The standard InChI is InChI=1S/C20H39NO3.Na/c1-2-3-4-5-6-7-8-9-10-11-12-13-14-15-16-17-19(22)21-18-20(23)24;/h2-18H2,1H3,(H,21,22)(H,23,24);/q;+1/p-1. The molecule has 0 radical (unpaired) electrons. The van der Waals surface area contributed by atoms with Crippen molar-refractivity contribution < 1.29 is 44.3 Å². The van der Waals surface area contributed by atoms with Crippen molar-refractivity contribution in [3.63, 3.8) is 0 Å². The maximum absolute atomic E-state index is 11.3. The quantitative estimate of drug-likeness (QED) is 0.293. The molecular weight excluding hydrogens is 325 g/mol. The summed E-state index contributed by atoms with van der Waals surface area (Å²) >= 11 is 0. The molecule has 0 atom stereocenters. The normalized spacial score (nSPS) is 10.3. The van der Waals surface area contributed by atoms with E-state index >= 15 is 0 Å². The van der Waals surface area contributed by atoms with Crippen molar-refractivity contribution in [3.8, 4) is 0 Å². The van der Waals surface area contributed by atoms with Gasteiger partial charge in [0, 0.05) is 6.42 Å². The van der Waals surface area contributed by atoms with Gasteiger partial charge in [-0.1, -0.05) is 96.8 Å². The summed E-state index contributed by atoms with van der Waals surface area (Å²) in [5.41, 5.74) is 0.